The summed E-state index contributed by atoms with van der Waals surface area (Å²) in [4.78, 5) is 12.0. The predicted octanol–water partition coefficient (Wildman–Crippen LogP) is 5.83. The third-order valence-corrected chi connectivity index (χ3v) is 4.15. The minimum Gasteiger partial charge on any atom is -0.506 e. The van der Waals surface area contributed by atoms with Gasteiger partial charge in [-0.2, -0.15) is 13.2 Å². The number of ketones is 1. The second kappa shape index (κ2) is 6.88. The van der Waals surface area contributed by atoms with Crippen LogP contribution in [0.5, 0.6) is 5.75 Å². The van der Waals surface area contributed by atoms with Crippen molar-refractivity contribution in [3.05, 3.63) is 68.1 Å². The number of aromatic hydroxyl groups is 1. The number of allylic oxidation sites excluding steroid dienone is 1. The van der Waals surface area contributed by atoms with Gasteiger partial charge in [0.2, 0.25) is 0 Å². The molecular weight excluding hydrogens is 441 g/mol. The minimum absolute atomic E-state index is 0.0198. The Labute approximate surface area is 146 Å². The maximum Gasteiger partial charge on any atom is 0.416 e. The fourth-order valence-electron chi connectivity index (χ4n) is 1.80. The van der Waals surface area contributed by atoms with Crippen molar-refractivity contribution in [2.75, 3.05) is 0 Å². The zero-order valence-corrected chi connectivity index (χ0v) is 14.5. The molecule has 0 atom stereocenters. The average molecular weight is 450 g/mol. The normalized spacial score (nSPS) is 11.9. The highest BCUT2D eigenvalue weighted by atomic mass is 79.9. The summed E-state index contributed by atoms with van der Waals surface area (Å²) >= 11 is 6.31. The Kier molecular flexibility index (Phi) is 5.31. The first kappa shape index (κ1) is 17.7. The van der Waals surface area contributed by atoms with Crippen LogP contribution in [0.4, 0.5) is 13.2 Å². The molecule has 0 aliphatic heterocycles. The number of hydrogen-bond acceptors (Lipinski definition) is 2. The van der Waals surface area contributed by atoms with Crippen LogP contribution in [0.25, 0.3) is 6.08 Å². The summed E-state index contributed by atoms with van der Waals surface area (Å²) in [7, 11) is 0. The van der Waals surface area contributed by atoms with Gasteiger partial charge in [-0.3, -0.25) is 4.79 Å². The van der Waals surface area contributed by atoms with Crippen LogP contribution in [0, 0.1) is 0 Å². The summed E-state index contributed by atoms with van der Waals surface area (Å²) in [5.41, 5.74) is -0.318. The largest absolute Gasteiger partial charge is 0.506 e. The molecule has 0 fully saturated rings. The molecule has 120 valence electrons. The van der Waals surface area contributed by atoms with Crippen LogP contribution in [0.3, 0.4) is 0 Å². The van der Waals surface area contributed by atoms with Crippen LogP contribution in [0.15, 0.2) is 51.4 Å². The number of benzene rings is 2. The van der Waals surface area contributed by atoms with Gasteiger partial charge in [-0.25, -0.2) is 0 Å². The Balaban J connectivity index is 2.26. The smallest absolute Gasteiger partial charge is 0.416 e. The van der Waals surface area contributed by atoms with E-state index in [2.05, 4.69) is 31.9 Å². The van der Waals surface area contributed by atoms with Gasteiger partial charge in [-0.05, 0) is 67.8 Å². The van der Waals surface area contributed by atoms with Gasteiger partial charge in [-0.15, -0.1) is 0 Å². The summed E-state index contributed by atoms with van der Waals surface area (Å²) in [6.45, 7) is 0. The first-order valence-electron chi connectivity index (χ1n) is 6.26. The molecule has 0 amide bonds. The van der Waals surface area contributed by atoms with E-state index in [1.165, 1.54) is 24.3 Å². The Morgan fingerprint density at radius 1 is 1.09 bits per heavy atom. The van der Waals surface area contributed by atoms with Crippen LogP contribution >= 0.6 is 31.9 Å². The summed E-state index contributed by atoms with van der Waals surface area (Å²) in [6.07, 6.45) is -1.86. The van der Waals surface area contributed by atoms with Gasteiger partial charge < -0.3 is 5.11 Å². The molecule has 2 nitrogen and oxygen atoms in total. The molecule has 0 unspecified atom stereocenters. The number of phenolic OH excluding ortho intramolecular Hbond substituents is 1. The van der Waals surface area contributed by atoms with Crippen molar-refractivity contribution in [3.63, 3.8) is 0 Å². The Morgan fingerprint density at radius 3 is 2.26 bits per heavy atom. The zero-order chi connectivity index (χ0) is 17.2. The highest BCUT2D eigenvalue weighted by Crippen LogP contribution is 2.34. The van der Waals surface area contributed by atoms with Gasteiger partial charge in [0.25, 0.3) is 0 Å². The lowest BCUT2D eigenvalue weighted by Gasteiger charge is -2.07. The van der Waals surface area contributed by atoms with E-state index in [1.807, 2.05) is 0 Å². The summed E-state index contributed by atoms with van der Waals surface area (Å²) in [5, 5.41) is 9.60. The fraction of sp³-hybridized carbons (Fsp3) is 0.0625. The highest BCUT2D eigenvalue weighted by molar-refractivity contribution is 9.11. The van der Waals surface area contributed by atoms with Crippen LogP contribution in [-0.4, -0.2) is 10.9 Å². The van der Waals surface area contributed by atoms with Crippen LogP contribution in [-0.2, 0) is 6.18 Å². The van der Waals surface area contributed by atoms with Crippen LogP contribution < -0.4 is 0 Å². The summed E-state index contributed by atoms with van der Waals surface area (Å²) in [6, 6.07) is 7.40. The molecule has 23 heavy (non-hydrogen) atoms. The lowest BCUT2D eigenvalue weighted by Crippen LogP contribution is -2.06. The fourth-order valence-corrected chi connectivity index (χ4v) is 3.02. The first-order valence-corrected chi connectivity index (χ1v) is 7.85. The molecule has 0 heterocycles. The SMILES string of the molecule is O=C(C=Cc1cc(Br)c(O)c(Br)c1)c1cccc(C(F)(F)F)c1. The van der Waals surface area contributed by atoms with Gasteiger partial charge in [-0.1, -0.05) is 18.2 Å². The lowest BCUT2D eigenvalue weighted by atomic mass is 10.1. The molecule has 0 aromatic heterocycles. The number of hydrogen-bond donors (Lipinski definition) is 1. The topological polar surface area (TPSA) is 37.3 Å². The molecule has 2 rings (SSSR count). The molecule has 0 saturated heterocycles. The predicted molar refractivity (Wildman–Crippen MR) is 88.3 cm³/mol. The van der Waals surface area contributed by atoms with E-state index in [4.69, 9.17) is 0 Å². The average Bonchev–Trinajstić information content (AvgIpc) is 2.49. The van der Waals surface area contributed by atoms with Crippen molar-refractivity contribution < 1.29 is 23.1 Å². The van der Waals surface area contributed by atoms with Crippen molar-refractivity contribution in [2.24, 2.45) is 0 Å². The molecular formula is C16H9Br2F3O2. The van der Waals surface area contributed by atoms with Crippen LogP contribution in [0.2, 0.25) is 0 Å². The maximum atomic E-state index is 12.6. The molecule has 2 aromatic rings. The van der Waals surface area contributed by atoms with Crippen molar-refractivity contribution in [1.29, 1.82) is 0 Å². The molecule has 0 bridgehead atoms. The molecule has 0 saturated carbocycles. The maximum absolute atomic E-state index is 12.6. The second-order valence-corrected chi connectivity index (χ2v) is 6.32. The number of carbonyl (C=O) groups excluding carboxylic acids is 1. The number of rotatable bonds is 3. The number of carbonyl (C=O) groups is 1. The molecule has 7 heteroatoms. The van der Waals surface area contributed by atoms with Crippen molar-refractivity contribution in [2.45, 2.75) is 6.18 Å². The minimum atomic E-state index is -4.49. The first-order chi connectivity index (χ1) is 10.7. The summed E-state index contributed by atoms with van der Waals surface area (Å²) in [5.74, 6) is -0.525. The molecule has 0 aliphatic rings. The number of halogens is 5. The van der Waals surface area contributed by atoms with Gasteiger partial charge in [0.05, 0.1) is 14.5 Å². The third-order valence-electron chi connectivity index (χ3n) is 2.94. The van der Waals surface area contributed by atoms with Gasteiger partial charge >= 0.3 is 6.18 Å². The van der Waals surface area contributed by atoms with Crippen molar-refractivity contribution in [1.82, 2.24) is 0 Å². The van der Waals surface area contributed by atoms with E-state index in [1.54, 1.807) is 12.1 Å². The molecule has 0 radical (unpaired) electrons. The third kappa shape index (κ3) is 4.45. The molecule has 0 aliphatic carbocycles. The van der Waals surface area contributed by atoms with Gasteiger partial charge in [0.1, 0.15) is 5.75 Å². The van der Waals surface area contributed by atoms with E-state index in [-0.39, 0.29) is 11.3 Å². The van der Waals surface area contributed by atoms with Crippen molar-refractivity contribution >= 4 is 43.7 Å². The van der Waals surface area contributed by atoms with Gasteiger partial charge in [0.15, 0.2) is 5.78 Å². The standard InChI is InChI=1S/C16H9Br2F3O2/c17-12-6-9(7-13(18)15(12)23)4-5-14(22)10-2-1-3-11(8-10)16(19,20)21/h1-8,23H. The molecule has 1 N–H and O–H groups in total. The van der Waals surface area contributed by atoms with Gasteiger partial charge in [0, 0.05) is 5.56 Å². The Hall–Kier alpha value is -1.60. The van der Waals surface area contributed by atoms with E-state index in [9.17, 15) is 23.1 Å². The van der Waals surface area contributed by atoms with E-state index in [0.717, 1.165) is 12.1 Å². The van der Waals surface area contributed by atoms with Crippen LogP contribution in [0.1, 0.15) is 21.5 Å². The highest BCUT2D eigenvalue weighted by Gasteiger charge is 2.30. The van der Waals surface area contributed by atoms with E-state index < -0.39 is 17.5 Å². The monoisotopic (exact) mass is 448 g/mol. The number of alkyl halides is 3. The Morgan fingerprint density at radius 2 is 1.70 bits per heavy atom. The zero-order valence-electron chi connectivity index (χ0n) is 11.4. The van der Waals surface area contributed by atoms with Crippen molar-refractivity contribution in [3.8, 4) is 5.75 Å². The number of phenols is 1. The van der Waals surface area contributed by atoms with E-state index >= 15 is 0 Å². The lowest BCUT2D eigenvalue weighted by molar-refractivity contribution is -0.137. The van der Waals surface area contributed by atoms with E-state index in [0.29, 0.717) is 14.5 Å². The molecule has 0 spiro atoms. The Bertz CT molecular complexity index is 760. The quantitative estimate of drug-likeness (QED) is 0.472. The molecule has 2 aromatic carbocycles. The second-order valence-electron chi connectivity index (χ2n) is 4.61. The summed E-state index contributed by atoms with van der Waals surface area (Å²) < 4.78 is 38.8.